The minimum atomic E-state index is -3.71. The lowest BCUT2D eigenvalue weighted by Crippen LogP contribution is -2.21. The topological polar surface area (TPSA) is 113 Å². The van der Waals surface area contributed by atoms with Crippen molar-refractivity contribution >= 4 is 16.0 Å². The van der Waals surface area contributed by atoms with Gasteiger partial charge in [-0.2, -0.15) is 5.10 Å². The second kappa shape index (κ2) is 5.97. The fourth-order valence-electron chi connectivity index (χ4n) is 1.46. The number of sulfonamides is 1. The quantitative estimate of drug-likeness (QED) is 0.715. The maximum atomic E-state index is 12.1. The fourth-order valence-corrected chi connectivity index (χ4v) is 2.43. The average Bonchev–Trinajstić information content (AvgIpc) is 2.86. The van der Waals surface area contributed by atoms with Crippen molar-refractivity contribution in [1.82, 2.24) is 25.5 Å². The van der Waals surface area contributed by atoms with E-state index in [1.54, 1.807) is 6.07 Å². The van der Waals surface area contributed by atoms with Crippen molar-refractivity contribution in [2.45, 2.75) is 31.3 Å². The molecular weight excluding hydrogens is 280 g/mol. The summed E-state index contributed by atoms with van der Waals surface area (Å²) in [7, 11) is -3.71. The highest BCUT2D eigenvalue weighted by atomic mass is 32.2. The Hall–Kier alpha value is -2.00. The molecule has 2 rings (SSSR count). The smallest absolute Gasteiger partial charge is 0.265 e. The van der Waals surface area contributed by atoms with Gasteiger partial charge in [-0.25, -0.2) is 18.1 Å². The summed E-state index contributed by atoms with van der Waals surface area (Å²) in [5, 5.41) is 10.3. The van der Waals surface area contributed by atoms with Crippen LogP contribution in [0, 0.1) is 0 Å². The van der Waals surface area contributed by atoms with Crippen LogP contribution in [0.25, 0.3) is 0 Å². The van der Waals surface area contributed by atoms with E-state index >= 15 is 0 Å². The van der Waals surface area contributed by atoms with Crippen molar-refractivity contribution in [1.29, 1.82) is 0 Å². The molecule has 0 aliphatic rings. The van der Waals surface area contributed by atoms with Gasteiger partial charge in [0.05, 0.1) is 12.4 Å². The Kier molecular flexibility index (Phi) is 4.30. The first kappa shape index (κ1) is 14.4. The molecule has 108 valence electrons. The van der Waals surface area contributed by atoms with Crippen molar-refractivity contribution < 1.29 is 8.42 Å². The summed E-state index contributed by atoms with van der Waals surface area (Å²) >= 11 is 0. The molecule has 0 spiro atoms. The first-order valence-electron chi connectivity index (χ1n) is 6.04. The average molecular weight is 296 g/mol. The number of rotatable bonds is 6. The Labute approximate surface area is 117 Å². The zero-order valence-corrected chi connectivity index (χ0v) is 12.0. The first-order valence-corrected chi connectivity index (χ1v) is 7.53. The Morgan fingerprint density at radius 3 is 2.80 bits per heavy atom. The first-order chi connectivity index (χ1) is 9.47. The second-order valence-corrected chi connectivity index (χ2v) is 6.15. The van der Waals surface area contributed by atoms with Crippen molar-refractivity contribution in [2.75, 3.05) is 4.72 Å². The van der Waals surface area contributed by atoms with Crippen molar-refractivity contribution in [3.8, 4) is 0 Å². The second-order valence-electron chi connectivity index (χ2n) is 4.47. The largest absolute Gasteiger partial charge is 0.363 e. The van der Waals surface area contributed by atoms with Gasteiger partial charge in [-0.15, -0.1) is 5.10 Å². The normalized spacial score (nSPS) is 11.8. The van der Waals surface area contributed by atoms with Crippen LogP contribution in [0.3, 0.4) is 0 Å². The molecule has 2 aromatic rings. The minimum Gasteiger partial charge on any atom is -0.363 e. The van der Waals surface area contributed by atoms with Crippen LogP contribution in [0.15, 0.2) is 29.6 Å². The summed E-state index contributed by atoms with van der Waals surface area (Å²) in [6.07, 6.45) is 4.15. The SMILES string of the molecule is CC(C)NCc1cc(S(=O)(=O)Nc2nccnn2)c[nH]1. The van der Waals surface area contributed by atoms with E-state index in [9.17, 15) is 8.42 Å². The van der Waals surface area contributed by atoms with Crippen LogP contribution in [0.5, 0.6) is 0 Å². The number of hydrogen-bond acceptors (Lipinski definition) is 6. The van der Waals surface area contributed by atoms with Crippen LogP contribution in [-0.4, -0.2) is 34.6 Å². The minimum absolute atomic E-state index is 0.0597. The van der Waals surface area contributed by atoms with E-state index in [0.29, 0.717) is 12.6 Å². The summed E-state index contributed by atoms with van der Waals surface area (Å²) in [6, 6.07) is 1.88. The van der Waals surface area contributed by atoms with Crippen LogP contribution in [0.1, 0.15) is 19.5 Å². The maximum absolute atomic E-state index is 12.1. The highest BCUT2D eigenvalue weighted by molar-refractivity contribution is 7.92. The highest BCUT2D eigenvalue weighted by Gasteiger charge is 2.17. The van der Waals surface area contributed by atoms with Gasteiger partial charge in [0.1, 0.15) is 4.90 Å². The van der Waals surface area contributed by atoms with Gasteiger partial charge in [0.15, 0.2) is 0 Å². The molecular formula is C11H16N6O2S. The molecule has 3 N–H and O–H groups in total. The number of anilines is 1. The van der Waals surface area contributed by atoms with Gasteiger partial charge in [-0.3, -0.25) is 0 Å². The molecule has 20 heavy (non-hydrogen) atoms. The molecule has 8 nitrogen and oxygen atoms in total. The Morgan fingerprint density at radius 1 is 1.35 bits per heavy atom. The zero-order valence-electron chi connectivity index (χ0n) is 11.2. The van der Waals surface area contributed by atoms with Gasteiger partial charge >= 0.3 is 0 Å². The summed E-state index contributed by atoms with van der Waals surface area (Å²) in [5.41, 5.74) is 0.784. The number of nitrogens with one attached hydrogen (secondary N) is 3. The summed E-state index contributed by atoms with van der Waals surface area (Å²) in [6.45, 7) is 4.60. The van der Waals surface area contributed by atoms with Gasteiger partial charge < -0.3 is 10.3 Å². The van der Waals surface area contributed by atoms with Gasteiger partial charge in [0, 0.05) is 24.5 Å². The lowest BCUT2D eigenvalue weighted by atomic mass is 10.3. The van der Waals surface area contributed by atoms with E-state index in [4.69, 9.17) is 0 Å². The molecule has 0 fully saturated rings. The number of hydrogen-bond donors (Lipinski definition) is 3. The molecule has 2 heterocycles. The number of H-pyrrole nitrogens is 1. The third kappa shape index (κ3) is 3.75. The molecule has 0 aromatic carbocycles. The fraction of sp³-hybridized carbons (Fsp3) is 0.364. The molecule has 0 saturated carbocycles. The van der Waals surface area contributed by atoms with E-state index in [1.807, 2.05) is 13.8 Å². The number of aromatic nitrogens is 4. The molecule has 0 saturated heterocycles. The number of nitrogens with zero attached hydrogens (tertiary/aromatic N) is 3. The van der Waals surface area contributed by atoms with E-state index in [0.717, 1.165) is 5.69 Å². The number of aromatic amines is 1. The zero-order chi connectivity index (χ0) is 14.6. The Bertz CT molecular complexity index is 653. The van der Waals surface area contributed by atoms with Gasteiger partial charge in [-0.05, 0) is 6.07 Å². The van der Waals surface area contributed by atoms with Crippen LogP contribution < -0.4 is 10.0 Å². The summed E-state index contributed by atoms with van der Waals surface area (Å²) in [5.74, 6) is -0.0597. The molecule has 9 heteroatoms. The third-order valence-corrected chi connectivity index (χ3v) is 3.74. The van der Waals surface area contributed by atoms with Gasteiger partial charge in [-0.1, -0.05) is 13.8 Å². The lowest BCUT2D eigenvalue weighted by Gasteiger charge is -2.05. The molecule has 0 aliphatic carbocycles. The monoisotopic (exact) mass is 296 g/mol. The van der Waals surface area contributed by atoms with Crippen LogP contribution in [-0.2, 0) is 16.6 Å². The molecule has 2 aromatic heterocycles. The standard InChI is InChI=1S/C11H16N6O2S/c1-8(2)13-6-9-5-10(7-14-9)20(18,19)17-11-12-3-4-15-16-11/h3-5,7-8,13-14H,6H2,1-2H3,(H,12,16,17). The van der Waals surface area contributed by atoms with E-state index in [-0.39, 0.29) is 10.8 Å². The van der Waals surface area contributed by atoms with Crippen LogP contribution in [0.4, 0.5) is 5.95 Å². The molecule has 0 atom stereocenters. The molecule has 0 radical (unpaired) electrons. The van der Waals surface area contributed by atoms with Gasteiger partial charge in [0.25, 0.3) is 16.0 Å². The lowest BCUT2D eigenvalue weighted by molar-refractivity contribution is 0.582. The van der Waals surface area contributed by atoms with E-state index in [2.05, 4.69) is 30.2 Å². The molecule has 0 amide bonds. The Morgan fingerprint density at radius 2 is 2.15 bits per heavy atom. The predicted octanol–water partition coefficient (Wildman–Crippen LogP) is 0.498. The van der Waals surface area contributed by atoms with Crippen molar-refractivity contribution in [3.05, 3.63) is 30.4 Å². The predicted molar refractivity (Wildman–Crippen MR) is 73.4 cm³/mol. The van der Waals surface area contributed by atoms with Crippen LogP contribution in [0.2, 0.25) is 0 Å². The molecule has 0 unspecified atom stereocenters. The molecule has 0 bridgehead atoms. The maximum Gasteiger partial charge on any atom is 0.265 e. The van der Waals surface area contributed by atoms with E-state index in [1.165, 1.54) is 18.6 Å². The van der Waals surface area contributed by atoms with Crippen LogP contribution >= 0.6 is 0 Å². The summed E-state index contributed by atoms with van der Waals surface area (Å²) in [4.78, 5) is 6.81. The van der Waals surface area contributed by atoms with Crippen molar-refractivity contribution in [2.24, 2.45) is 0 Å². The van der Waals surface area contributed by atoms with Gasteiger partial charge in [0.2, 0.25) is 0 Å². The van der Waals surface area contributed by atoms with Crippen molar-refractivity contribution in [3.63, 3.8) is 0 Å². The van der Waals surface area contributed by atoms with E-state index < -0.39 is 10.0 Å². The summed E-state index contributed by atoms with van der Waals surface area (Å²) < 4.78 is 26.4. The third-order valence-electron chi connectivity index (χ3n) is 2.44. The Balaban J connectivity index is 2.10. The molecule has 0 aliphatic heterocycles. The highest BCUT2D eigenvalue weighted by Crippen LogP contribution is 2.13.